The van der Waals surface area contributed by atoms with Crippen molar-refractivity contribution in [3.05, 3.63) is 69.2 Å². The summed E-state index contributed by atoms with van der Waals surface area (Å²) in [6.07, 6.45) is 1.13. The molecule has 1 heterocycles. The van der Waals surface area contributed by atoms with E-state index in [2.05, 4.69) is 5.32 Å². The van der Waals surface area contributed by atoms with Crippen molar-refractivity contribution in [2.45, 2.75) is 25.3 Å². The van der Waals surface area contributed by atoms with Gasteiger partial charge in [-0.25, -0.2) is 0 Å². The summed E-state index contributed by atoms with van der Waals surface area (Å²) in [6, 6.07) is 13.1. The lowest BCUT2D eigenvalue weighted by atomic mass is 9.94. The van der Waals surface area contributed by atoms with Gasteiger partial charge in [-0.05, 0) is 36.6 Å². The van der Waals surface area contributed by atoms with E-state index in [1.54, 1.807) is 42.5 Å². The van der Waals surface area contributed by atoms with Crippen LogP contribution in [0.1, 0.15) is 30.9 Å². The first kappa shape index (κ1) is 22.6. The number of carbonyl (C=O) groups excluding carboxylic acids is 2. The number of para-hydroxylation sites is 2. The minimum Gasteiger partial charge on any atom is -0.469 e. The second-order valence-corrected chi connectivity index (χ2v) is 7.84. The van der Waals surface area contributed by atoms with Crippen molar-refractivity contribution >= 4 is 34.9 Å². The number of piperidine rings is 1. The van der Waals surface area contributed by atoms with Crippen molar-refractivity contribution in [1.29, 1.82) is 0 Å². The van der Waals surface area contributed by atoms with Gasteiger partial charge in [0.15, 0.2) is 0 Å². The molecule has 9 heteroatoms. The van der Waals surface area contributed by atoms with Gasteiger partial charge in [-0.15, -0.1) is 0 Å². The molecule has 31 heavy (non-hydrogen) atoms. The third kappa shape index (κ3) is 5.73. The van der Waals surface area contributed by atoms with Gasteiger partial charge >= 0.3 is 5.97 Å². The monoisotopic (exact) mass is 445 g/mol. The summed E-state index contributed by atoms with van der Waals surface area (Å²) in [5.74, 6) is -0.816. The fourth-order valence-electron chi connectivity index (χ4n) is 3.76. The number of hydrogen-bond acceptors (Lipinski definition) is 6. The molecule has 1 N–H and O–H groups in total. The number of ether oxygens (including phenoxy) is 1. The number of carbonyl (C=O) groups is 2. The van der Waals surface area contributed by atoms with E-state index >= 15 is 0 Å². The molecule has 1 atom stereocenters. The van der Waals surface area contributed by atoms with Crippen LogP contribution in [0.2, 0.25) is 5.02 Å². The Labute approximate surface area is 185 Å². The predicted molar refractivity (Wildman–Crippen MR) is 117 cm³/mol. The van der Waals surface area contributed by atoms with Gasteiger partial charge in [0.05, 0.1) is 24.5 Å². The number of esters is 1. The zero-order valence-corrected chi connectivity index (χ0v) is 17.9. The van der Waals surface area contributed by atoms with Gasteiger partial charge < -0.3 is 15.0 Å². The molecular formula is C22H24ClN3O5. The highest BCUT2D eigenvalue weighted by Crippen LogP contribution is 2.31. The highest BCUT2D eigenvalue weighted by atomic mass is 35.5. The highest BCUT2D eigenvalue weighted by Gasteiger charge is 2.30. The van der Waals surface area contributed by atoms with Crippen molar-refractivity contribution in [1.82, 2.24) is 5.32 Å². The zero-order chi connectivity index (χ0) is 22.4. The molecule has 0 aromatic heterocycles. The molecule has 1 fully saturated rings. The number of benzene rings is 2. The Morgan fingerprint density at radius 3 is 2.45 bits per heavy atom. The summed E-state index contributed by atoms with van der Waals surface area (Å²) in [4.78, 5) is 37.6. The van der Waals surface area contributed by atoms with E-state index in [1.807, 2.05) is 4.90 Å². The standard InChI is InChI=1S/C22H24ClN3O5/c1-31-21(27)14-18(15-6-8-17(23)9-7-15)24-22(28)16-10-12-25(13-11-16)19-4-2-3-5-20(19)26(29)30/h2-9,16,18H,10-14H2,1H3,(H,24,28)/t18-/m1/s1. The molecule has 3 rings (SSSR count). The zero-order valence-electron chi connectivity index (χ0n) is 17.1. The molecule has 0 unspecified atom stereocenters. The number of halogens is 1. The van der Waals surface area contributed by atoms with E-state index in [0.717, 1.165) is 5.56 Å². The molecule has 0 radical (unpaired) electrons. The van der Waals surface area contributed by atoms with Gasteiger partial charge in [-0.2, -0.15) is 0 Å². The van der Waals surface area contributed by atoms with E-state index < -0.39 is 16.9 Å². The van der Waals surface area contributed by atoms with Gasteiger partial charge in [0.2, 0.25) is 5.91 Å². The molecule has 1 saturated heterocycles. The molecule has 0 bridgehead atoms. The number of amides is 1. The normalized spacial score (nSPS) is 15.2. The van der Waals surface area contributed by atoms with Gasteiger partial charge in [0.25, 0.3) is 5.69 Å². The van der Waals surface area contributed by atoms with Crippen LogP contribution in [-0.2, 0) is 14.3 Å². The molecular weight excluding hydrogens is 422 g/mol. The van der Waals surface area contributed by atoms with E-state index in [-0.39, 0.29) is 23.9 Å². The van der Waals surface area contributed by atoms with Gasteiger partial charge in [0.1, 0.15) is 5.69 Å². The van der Waals surface area contributed by atoms with Crippen molar-refractivity contribution < 1.29 is 19.2 Å². The number of nitrogens with zero attached hydrogens (tertiary/aromatic N) is 2. The van der Waals surface area contributed by atoms with Crippen LogP contribution in [0, 0.1) is 16.0 Å². The highest BCUT2D eigenvalue weighted by molar-refractivity contribution is 6.30. The Hall–Kier alpha value is -3.13. The third-order valence-electron chi connectivity index (χ3n) is 5.47. The first-order chi connectivity index (χ1) is 14.9. The molecule has 1 aliphatic heterocycles. The average molecular weight is 446 g/mol. The van der Waals surface area contributed by atoms with Crippen LogP contribution in [0.25, 0.3) is 0 Å². The summed E-state index contributed by atoms with van der Waals surface area (Å²) in [7, 11) is 1.31. The largest absolute Gasteiger partial charge is 0.469 e. The average Bonchev–Trinajstić information content (AvgIpc) is 2.79. The molecule has 0 saturated carbocycles. The summed E-state index contributed by atoms with van der Waals surface area (Å²) in [5, 5.41) is 14.8. The number of methoxy groups -OCH3 is 1. The second kappa shape index (κ2) is 10.3. The molecule has 1 amide bonds. The summed E-state index contributed by atoms with van der Waals surface area (Å²) in [5.41, 5.74) is 1.39. The van der Waals surface area contributed by atoms with E-state index in [0.29, 0.717) is 36.6 Å². The number of hydrogen-bond donors (Lipinski definition) is 1. The maximum Gasteiger partial charge on any atom is 0.307 e. The van der Waals surface area contributed by atoms with E-state index in [4.69, 9.17) is 16.3 Å². The second-order valence-electron chi connectivity index (χ2n) is 7.40. The van der Waals surface area contributed by atoms with Crippen LogP contribution in [0.3, 0.4) is 0 Å². The van der Waals surface area contributed by atoms with Crippen LogP contribution >= 0.6 is 11.6 Å². The first-order valence-electron chi connectivity index (χ1n) is 10.00. The SMILES string of the molecule is COC(=O)C[C@@H](NC(=O)C1CCN(c2ccccc2[N+](=O)[O-])CC1)c1ccc(Cl)cc1. The number of anilines is 1. The lowest BCUT2D eigenvalue weighted by Crippen LogP contribution is -2.42. The van der Waals surface area contributed by atoms with Crippen LogP contribution < -0.4 is 10.2 Å². The summed E-state index contributed by atoms with van der Waals surface area (Å²) in [6.45, 7) is 1.07. The number of rotatable bonds is 7. The molecule has 1 aliphatic rings. The van der Waals surface area contributed by atoms with Crippen molar-refractivity contribution in [2.75, 3.05) is 25.1 Å². The van der Waals surface area contributed by atoms with Crippen LogP contribution in [0.5, 0.6) is 0 Å². The van der Waals surface area contributed by atoms with Crippen molar-refractivity contribution in [3.63, 3.8) is 0 Å². The summed E-state index contributed by atoms with van der Waals surface area (Å²) >= 11 is 5.95. The Morgan fingerprint density at radius 1 is 1.19 bits per heavy atom. The van der Waals surface area contributed by atoms with E-state index in [1.165, 1.54) is 13.2 Å². The third-order valence-corrected chi connectivity index (χ3v) is 5.72. The minimum absolute atomic E-state index is 0.0128. The smallest absolute Gasteiger partial charge is 0.307 e. The van der Waals surface area contributed by atoms with Gasteiger partial charge in [-0.3, -0.25) is 19.7 Å². The summed E-state index contributed by atoms with van der Waals surface area (Å²) < 4.78 is 4.77. The van der Waals surface area contributed by atoms with Gasteiger partial charge in [0, 0.05) is 30.1 Å². The maximum atomic E-state index is 12.9. The molecule has 2 aromatic carbocycles. The topological polar surface area (TPSA) is 102 Å². The Kier molecular flexibility index (Phi) is 7.46. The Bertz CT molecular complexity index is 942. The minimum atomic E-state index is -0.523. The Morgan fingerprint density at radius 2 is 1.84 bits per heavy atom. The predicted octanol–water partition coefficient (Wildman–Crippen LogP) is 3.89. The molecule has 0 spiro atoms. The maximum absolute atomic E-state index is 12.9. The number of nitro groups is 1. The van der Waals surface area contributed by atoms with Crippen LogP contribution in [0.15, 0.2) is 48.5 Å². The van der Waals surface area contributed by atoms with Gasteiger partial charge in [-0.1, -0.05) is 35.9 Å². The molecule has 164 valence electrons. The molecule has 0 aliphatic carbocycles. The van der Waals surface area contributed by atoms with Crippen molar-refractivity contribution in [2.24, 2.45) is 5.92 Å². The van der Waals surface area contributed by atoms with Crippen molar-refractivity contribution in [3.8, 4) is 0 Å². The van der Waals surface area contributed by atoms with Crippen LogP contribution in [-0.4, -0.2) is 37.0 Å². The first-order valence-corrected chi connectivity index (χ1v) is 10.4. The van der Waals surface area contributed by atoms with Crippen LogP contribution in [0.4, 0.5) is 11.4 Å². The lowest BCUT2D eigenvalue weighted by molar-refractivity contribution is -0.384. The Balaban J connectivity index is 1.65. The fraction of sp³-hybridized carbons (Fsp3) is 0.364. The van der Waals surface area contributed by atoms with E-state index in [9.17, 15) is 19.7 Å². The fourth-order valence-corrected chi connectivity index (χ4v) is 3.88. The molecule has 8 nitrogen and oxygen atoms in total. The number of nitro benzene ring substituents is 1. The number of nitrogens with one attached hydrogen (secondary N) is 1. The lowest BCUT2D eigenvalue weighted by Gasteiger charge is -2.33. The quantitative estimate of drug-likeness (QED) is 0.394. The molecule has 2 aromatic rings.